The zero-order valence-corrected chi connectivity index (χ0v) is 23.9. The van der Waals surface area contributed by atoms with Gasteiger partial charge in [-0.3, -0.25) is 19.3 Å². The van der Waals surface area contributed by atoms with E-state index in [0.717, 1.165) is 56.0 Å². The Morgan fingerprint density at radius 1 is 1.05 bits per heavy atom. The van der Waals surface area contributed by atoms with Gasteiger partial charge in [-0.15, -0.1) is 0 Å². The Kier molecular flexibility index (Phi) is 8.66. The number of aromatic nitrogens is 1. The third kappa shape index (κ3) is 6.26. The standard InChI is InChI=1S/C32H38N6O3/c1-4-26(22-8-6-5-7-9-22)36-30(39)23-10-11-27-24(18-23)25(31(40)37-27)19-28-20(2)29(21(3)35-28)32(41)34-14-17-38-15-12-33-13-16-38/h5-11,18-19,26,33,35H,4,12-17H2,1-3H3,(H,34,41)(H,36,39)(H,37,40)/b25-19-/t26-/m1/s1. The van der Waals surface area contributed by atoms with E-state index in [-0.39, 0.29) is 23.8 Å². The van der Waals surface area contributed by atoms with Crippen molar-refractivity contribution in [3.63, 3.8) is 0 Å². The first-order valence-electron chi connectivity index (χ1n) is 14.3. The van der Waals surface area contributed by atoms with Crippen LogP contribution >= 0.6 is 0 Å². The molecule has 0 spiro atoms. The second-order valence-corrected chi connectivity index (χ2v) is 10.6. The van der Waals surface area contributed by atoms with Crippen LogP contribution in [-0.2, 0) is 4.79 Å². The fourth-order valence-electron chi connectivity index (χ4n) is 5.57. The number of benzene rings is 2. The Hall–Kier alpha value is -4.21. The minimum atomic E-state index is -0.248. The van der Waals surface area contributed by atoms with Gasteiger partial charge in [-0.2, -0.15) is 0 Å². The number of hydrogen-bond acceptors (Lipinski definition) is 5. The van der Waals surface area contributed by atoms with Crippen LogP contribution in [0.5, 0.6) is 0 Å². The van der Waals surface area contributed by atoms with E-state index in [9.17, 15) is 14.4 Å². The molecule has 9 heteroatoms. The summed E-state index contributed by atoms with van der Waals surface area (Å²) in [6.07, 6.45) is 2.52. The van der Waals surface area contributed by atoms with Gasteiger partial charge in [-0.25, -0.2) is 0 Å². The largest absolute Gasteiger partial charge is 0.358 e. The quantitative estimate of drug-likeness (QED) is 0.259. The summed E-state index contributed by atoms with van der Waals surface area (Å²) in [5, 5.41) is 12.4. The molecule has 0 unspecified atom stereocenters. The van der Waals surface area contributed by atoms with Crippen molar-refractivity contribution < 1.29 is 14.4 Å². The van der Waals surface area contributed by atoms with E-state index >= 15 is 0 Å². The molecule has 2 aromatic carbocycles. The third-order valence-corrected chi connectivity index (χ3v) is 7.90. The van der Waals surface area contributed by atoms with Crippen LogP contribution in [0.25, 0.3) is 11.6 Å². The third-order valence-electron chi connectivity index (χ3n) is 7.90. The lowest BCUT2D eigenvalue weighted by Gasteiger charge is -2.27. The van der Waals surface area contributed by atoms with E-state index in [0.29, 0.717) is 40.2 Å². The second kappa shape index (κ2) is 12.5. The number of aromatic amines is 1. The first-order chi connectivity index (χ1) is 19.9. The lowest BCUT2D eigenvalue weighted by molar-refractivity contribution is -0.110. The van der Waals surface area contributed by atoms with Crippen LogP contribution in [0, 0.1) is 13.8 Å². The van der Waals surface area contributed by atoms with Crippen molar-refractivity contribution in [1.82, 2.24) is 25.8 Å². The number of nitrogens with zero attached hydrogens (tertiary/aromatic N) is 1. The van der Waals surface area contributed by atoms with Crippen LogP contribution in [0.1, 0.15) is 68.2 Å². The molecule has 0 radical (unpaired) electrons. The fourth-order valence-corrected chi connectivity index (χ4v) is 5.57. The van der Waals surface area contributed by atoms with Gasteiger partial charge >= 0.3 is 0 Å². The molecular weight excluding hydrogens is 516 g/mol. The van der Waals surface area contributed by atoms with Gasteiger partial charge in [0.25, 0.3) is 17.7 Å². The summed E-state index contributed by atoms with van der Waals surface area (Å²) in [5.74, 6) is -0.578. The summed E-state index contributed by atoms with van der Waals surface area (Å²) in [4.78, 5) is 44.9. The van der Waals surface area contributed by atoms with Gasteiger partial charge in [-0.05, 0) is 55.7 Å². The van der Waals surface area contributed by atoms with E-state index in [1.807, 2.05) is 51.1 Å². The fraction of sp³-hybridized carbons (Fsp3) is 0.344. The number of rotatable bonds is 9. The summed E-state index contributed by atoms with van der Waals surface area (Å²) >= 11 is 0. The SMILES string of the molecule is CC[C@@H](NC(=O)c1ccc2c(c1)/C(=C/c1[nH]c(C)c(C(=O)NCCN3CCNCC3)c1C)C(=O)N2)c1ccccc1. The van der Waals surface area contributed by atoms with Gasteiger partial charge in [0.1, 0.15) is 0 Å². The molecule has 0 saturated carbocycles. The Morgan fingerprint density at radius 3 is 2.54 bits per heavy atom. The summed E-state index contributed by atoms with van der Waals surface area (Å²) in [6.45, 7) is 11.1. The van der Waals surface area contributed by atoms with Crippen molar-refractivity contribution in [3.05, 3.63) is 87.7 Å². The second-order valence-electron chi connectivity index (χ2n) is 10.6. The minimum Gasteiger partial charge on any atom is -0.358 e. The van der Waals surface area contributed by atoms with Crippen molar-refractivity contribution in [1.29, 1.82) is 0 Å². The van der Waals surface area contributed by atoms with Crippen molar-refractivity contribution >= 4 is 35.1 Å². The molecule has 3 aromatic rings. The number of hydrogen-bond donors (Lipinski definition) is 5. The zero-order valence-electron chi connectivity index (χ0n) is 23.9. The molecule has 1 aromatic heterocycles. The molecular formula is C32H38N6O3. The monoisotopic (exact) mass is 554 g/mol. The number of nitrogens with one attached hydrogen (secondary N) is 5. The van der Waals surface area contributed by atoms with E-state index in [1.165, 1.54) is 0 Å². The predicted molar refractivity (Wildman–Crippen MR) is 162 cm³/mol. The number of H-pyrrole nitrogens is 1. The first kappa shape index (κ1) is 28.3. The predicted octanol–water partition coefficient (Wildman–Crippen LogP) is 3.64. The van der Waals surface area contributed by atoms with E-state index in [1.54, 1.807) is 24.3 Å². The van der Waals surface area contributed by atoms with Crippen LogP contribution in [0.2, 0.25) is 0 Å². The molecule has 1 fully saturated rings. The Bertz CT molecular complexity index is 1470. The van der Waals surface area contributed by atoms with Crippen molar-refractivity contribution in [2.75, 3.05) is 44.6 Å². The van der Waals surface area contributed by atoms with Gasteiger partial charge in [0, 0.05) is 67.5 Å². The molecule has 3 heterocycles. The number of carbonyl (C=O) groups excluding carboxylic acids is 3. The average Bonchev–Trinajstić information content (AvgIpc) is 3.45. The molecule has 5 N–H and O–H groups in total. The summed E-state index contributed by atoms with van der Waals surface area (Å²) in [5.41, 5.74) is 6.08. The van der Waals surface area contributed by atoms with Crippen molar-refractivity contribution in [2.45, 2.75) is 33.2 Å². The van der Waals surface area contributed by atoms with Crippen LogP contribution in [0.4, 0.5) is 5.69 Å². The smallest absolute Gasteiger partial charge is 0.256 e. The van der Waals surface area contributed by atoms with E-state index in [2.05, 4.69) is 31.2 Å². The number of aryl methyl sites for hydroxylation is 1. The van der Waals surface area contributed by atoms with Crippen molar-refractivity contribution in [3.8, 4) is 0 Å². The molecule has 1 saturated heterocycles. The minimum absolute atomic E-state index is 0.113. The summed E-state index contributed by atoms with van der Waals surface area (Å²) in [6, 6.07) is 15.0. The molecule has 41 heavy (non-hydrogen) atoms. The number of anilines is 1. The Morgan fingerprint density at radius 2 is 1.80 bits per heavy atom. The highest BCUT2D eigenvalue weighted by molar-refractivity contribution is 6.35. The average molecular weight is 555 g/mol. The lowest BCUT2D eigenvalue weighted by atomic mass is 10.0. The number of piperazine rings is 1. The maximum absolute atomic E-state index is 13.2. The Balaban J connectivity index is 1.33. The highest BCUT2D eigenvalue weighted by Crippen LogP contribution is 2.35. The van der Waals surface area contributed by atoms with Gasteiger partial charge in [0.2, 0.25) is 0 Å². The molecule has 2 aliphatic heterocycles. The molecule has 0 aliphatic carbocycles. The molecule has 5 rings (SSSR count). The van der Waals surface area contributed by atoms with Crippen LogP contribution < -0.4 is 21.3 Å². The van der Waals surface area contributed by atoms with Crippen LogP contribution in [0.3, 0.4) is 0 Å². The molecule has 2 aliphatic rings. The van der Waals surface area contributed by atoms with Gasteiger partial charge in [0.15, 0.2) is 0 Å². The Labute approximate surface area is 240 Å². The lowest BCUT2D eigenvalue weighted by Crippen LogP contribution is -2.46. The van der Waals surface area contributed by atoms with Gasteiger partial charge < -0.3 is 26.3 Å². The van der Waals surface area contributed by atoms with Gasteiger partial charge in [-0.1, -0.05) is 37.3 Å². The van der Waals surface area contributed by atoms with E-state index in [4.69, 9.17) is 0 Å². The van der Waals surface area contributed by atoms with Crippen molar-refractivity contribution in [2.24, 2.45) is 0 Å². The zero-order chi connectivity index (χ0) is 28.9. The number of carbonyl (C=O) groups is 3. The molecule has 0 bridgehead atoms. The highest BCUT2D eigenvalue weighted by atomic mass is 16.2. The number of amides is 3. The topological polar surface area (TPSA) is 118 Å². The molecule has 3 amide bonds. The molecule has 214 valence electrons. The van der Waals surface area contributed by atoms with Crippen LogP contribution in [0.15, 0.2) is 48.5 Å². The normalized spacial score (nSPS) is 16.8. The summed E-state index contributed by atoms with van der Waals surface area (Å²) in [7, 11) is 0. The maximum Gasteiger partial charge on any atom is 0.256 e. The van der Waals surface area contributed by atoms with Gasteiger partial charge in [0.05, 0.1) is 17.2 Å². The maximum atomic E-state index is 13.2. The first-order valence-corrected chi connectivity index (χ1v) is 14.3. The van der Waals surface area contributed by atoms with E-state index < -0.39 is 0 Å². The molecule has 1 atom stereocenters. The summed E-state index contributed by atoms with van der Waals surface area (Å²) < 4.78 is 0. The number of fused-ring (bicyclic) bond motifs is 1. The highest BCUT2D eigenvalue weighted by Gasteiger charge is 2.27. The molecule has 9 nitrogen and oxygen atoms in total. The van der Waals surface area contributed by atoms with Crippen LogP contribution in [-0.4, -0.2) is 66.9 Å².